The van der Waals surface area contributed by atoms with Gasteiger partial charge in [-0.3, -0.25) is 0 Å². The predicted molar refractivity (Wildman–Crippen MR) is 80.2 cm³/mol. The van der Waals surface area contributed by atoms with Crippen LogP contribution < -0.4 is 24.8 Å². The molecule has 3 aromatic rings. The van der Waals surface area contributed by atoms with E-state index in [-0.39, 0.29) is 50.7 Å². The summed E-state index contributed by atoms with van der Waals surface area (Å²) in [7, 11) is 0. The molecule has 0 nitrogen and oxygen atoms in total. The van der Waals surface area contributed by atoms with E-state index in [1.165, 1.54) is 35.6 Å². The average molecular weight is 486 g/mol. The third-order valence-corrected chi connectivity index (χ3v) is 3.10. The third-order valence-electron chi connectivity index (χ3n) is 3.10. The molecule has 0 unspecified atom stereocenters. The molecule has 21 heavy (non-hydrogen) atoms. The van der Waals surface area contributed by atoms with Crippen LogP contribution in [0.4, 0.5) is 0 Å². The third kappa shape index (κ3) is 7.99. The molecule has 0 heterocycles. The zero-order valence-electron chi connectivity index (χ0n) is 12.2. The maximum atomic E-state index is 2.23. The Kier molecular flexibility index (Phi) is 14.5. The molecular formula is C18H20Cl2Hf. The molecule has 3 heteroatoms. The molecule has 3 rings (SSSR count). The minimum atomic E-state index is 0. The number of aryl methyl sites for hydroxylation is 1. The van der Waals surface area contributed by atoms with E-state index < -0.39 is 0 Å². The molecule has 0 aliphatic heterocycles. The number of halogens is 2. The quantitative estimate of drug-likeness (QED) is 0.341. The monoisotopic (exact) mass is 486 g/mol. The molecule has 0 spiro atoms. The van der Waals surface area contributed by atoms with Crippen molar-refractivity contribution in [3.63, 3.8) is 0 Å². The van der Waals surface area contributed by atoms with Crippen molar-refractivity contribution in [2.24, 2.45) is 0 Å². The van der Waals surface area contributed by atoms with Crippen molar-refractivity contribution in [3.8, 4) is 0 Å². The molecule has 0 radical (unpaired) electrons. The summed E-state index contributed by atoms with van der Waals surface area (Å²) in [6.07, 6.45) is 3.87. The molecule has 0 aliphatic rings. The smallest absolute Gasteiger partial charge is 1.00 e. The fourth-order valence-electron chi connectivity index (χ4n) is 2.03. The molecule has 110 valence electrons. The van der Waals surface area contributed by atoms with Crippen molar-refractivity contribution < 1.29 is 50.7 Å². The van der Waals surface area contributed by atoms with Gasteiger partial charge in [-0.15, -0.1) is 29.7 Å². The number of hydrogen-bond donors (Lipinski definition) is 0. The van der Waals surface area contributed by atoms with Gasteiger partial charge < -0.3 is 24.8 Å². The van der Waals surface area contributed by atoms with Crippen LogP contribution >= 0.6 is 0 Å². The summed E-state index contributed by atoms with van der Waals surface area (Å²) in [5, 5.41) is 2.66. The van der Waals surface area contributed by atoms with Crippen molar-refractivity contribution in [2.45, 2.75) is 26.2 Å². The van der Waals surface area contributed by atoms with Crippen LogP contribution in [0.15, 0.2) is 66.7 Å². The second kappa shape index (κ2) is 13.3. The fourth-order valence-corrected chi connectivity index (χ4v) is 2.03. The first-order valence-corrected chi connectivity index (χ1v) is 6.71. The molecular weight excluding hydrogens is 466 g/mol. The van der Waals surface area contributed by atoms with Gasteiger partial charge in [-0.2, -0.15) is 35.2 Å². The first-order valence-electron chi connectivity index (χ1n) is 6.71. The maximum absolute atomic E-state index is 2.23. The summed E-state index contributed by atoms with van der Waals surface area (Å²) in [5.74, 6) is 0. The topological polar surface area (TPSA) is 0 Å². The number of rotatable bonds is 3. The second-order valence-corrected chi connectivity index (χ2v) is 4.55. The van der Waals surface area contributed by atoms with Crippen molar-refractivity contribution >= 4 is 10.8 Å². The number of unbranched alkanes of at least 4 members (excludes halogenated alkanes) is 1. The Labute approximate surface area is 159 Å². The minimum absolute atomic E-state index is 0. The summed E-state index contributed by atoms with van der Waals surface area (Å²) in [5.41, 5.74) is 1.48. The van der Waals surface area contributed by atoms with Gasteiger partial charge in [0.1, 0.15) is 0 Å². The molecule has 0 N–H and O–H groups in total. The normalized spacial score (nSPS) is 8.62. The molecule has 0 bridgehead atoms. The second-order valence-electron chi connectivity index (χ2n) is 4.55. The van der Waals surface area contributed by atoms with Gasteiger partial charge in [-0.05, 0) is 0 Å². The molecule has 0 aromatic heterocycles. The largest absolute Gasteiger partial charge is 4.00 e. The van der Waals surface area contributed by atoms with E-state index in [0.717, 1.165) is 0 Å². The first kappa shape index (κ1) is 22.9. The summed E-state index contributed by atoms with van der Waals surface area (Å²) in [6, 6.07) is 23.3. The van der Waals surface area contributed by atoms with Gasteiger partial charge in [-0.25, -0.2) is 12.1 Å². The van der Waals surface area contributed by atoms with Crippen LogP contribution in [0, 0.1) is 0 Å². The van der Waals surface area contributed by atoms with Crippen molar-refractivity contribution in [1.29, 1.82) is 0 Å². The van der Waals surface area contributed by atoms with Gasteiger partial charge in [0.05, 0.1) is 0 Å². The van der Waals surface area contributed by atoms with E-state index in [0.29, 0.717) is 0 Å². The molecule has 3 aromatic carbocycles. The van der Waals surface area contributed by atoms with Crippen LogP contribution in [0.25, 0.3) is 10.8 Å². The molecule has 0 aliphatic carbocycles. The van der Waals surface area contributed by atoms with Crippen LogP contribution in [0.1, 0.15) is 25.3 Å². The Balaban J connectivity index is 0. The standard InChI is InChI=1S/C9H7.C9H13.2ClH.Hf/c1-2-5-9-7-3-6-8(9)4-1;1-2-3-6-9-7-4-5-8-9;;;/h1-7H;4-5,7-8H,2-3,6H2,1H3;2*1H;/q2*-1;;;+4/p-2. The maximum Gasteiger partial charge on any atom is 4.00 e. The van der Waals surface area contributed by atoms with E-state index in [1.54, 1.807) is 0 Å². The summed E-state index contributed by atoms with van der Waals surface area (Å²) in [6.45, 7) is 2.23. The van der Waals surface area contributed by atoms with Crippen molar-refractivity contribution in [1.82, 2.24) is 0 Å². The summed E-state index contributed by atoms with van der Waals surface area (Å²) in [4.78, 5) is 0. The Hall–Kier alpha value is -0.370. The average Bonchev–Trinajstić information content (AvgIpc) is 3.08. The number of fused-ring (bicyclic) bond motifs is 1. The van der Waals surface area contributed by atoms with Gasteiger partial charge in [0.2, 0.25) is 0 Å². The molecule has 0 fully saturated rings. The molecule has 0 amide bonds. The Bertz CT molecular complexity index is 525. The number of hydrogen-bond acceptors (Lipinski definition) is 0. The van der Waals surface area contributed by atoms with Crippen LogP contribution in [0.5, 0.6) is 0 Å². The molecule has 0 atom stereocenters. The van der Waals surface area contributed by atoms with Gasteiger partial charge in [0, 0.05) is 0 Å². The van der Waals surface area contributed by atoms with E-state index in [9.17, 15) is 0 Å². The van der Waals surface area contributed by atoms with Gasteiger partial charge in [-0.1, -0.05) is 32.3 Å². The van der Waals surface area contributed by atoms with E-state index in [4.69, 9.17) is 0 Å². The van der Waals surface area contributed by atoms with E-state index in [1.807, 2.05) is 0 Å². The van der Waals surface area contributed by atoms with Crippen LogP contribution in [-0.2, 0) is 32.3 Å². The predicted octanol–water partition coefficient (Wildman–Crippen LogP) is -0.688. The molecule has 0 saturated heterocycles. The van der Waals surface area contributed by atoms with Crippen molar-refractivity contribution in [2.75, 3.05) is 0 Å². The van der Waals surface area contributed by atoms with Crippen LogP contribution in [0.2, 0.25) is 0 Å². The van der Waals surface area contributed by atoms with Gasteiger partial charge in [0.25, 0.3) is 0 Å². The van der Waals surface area contributed by atoms with Crippen LogP contribution in [-0.4, -0.2) is 0 Å². The van der Waals surface area contributed by atoms with E-state index >= 15 is 0 Å². The first-order chi connectivity index (χ1) is 8.90. The van der Waals surface area contributed by atoms with Gasteiger partial charge >= 0.3 is 25.8 Å². The fraction of sp³-hybridized carbons (Fsp3) is 0.222. The van der Waals surface area contributed by atoms with Crippen molar-refractivity contribution in [3.05, 3.63) is 72.3 Å². The van der Waals surface area contributed by atoms with E-state index in [2.05, 4.69) is 73.7 Å². The zero-order chi connectivity index (χ0) is 12.6. The van der Waals surface area contributed by atoms with Crippen LogP contribution in [0.3, 0.4) is 0 Å². The summed E-state index contributed by atoms with van der Waals surface area (Å²) >= 11 is 0. The minimum Gasteiger partial charge on any atom is -1.00 e. The van der Waals surface area contributed by atoms with Gasteiger partial charge in [0.15, 0.2) is 0 Å². The molecule has 0 saturated carbocycles. The Morgan fingerprint density at radius 1 is 0.952 bits per heavy atom. The zero-order valence-corrected chi connectivity index (χ0v) is 17.3. The Morgan fingerprint density at radius 3 is 2.24 bits per heavy atom. The Morgan fingerprint density at radius 2 is 1.62 bits per heavy atom. The SMILES string of the molecule is CCCC[c-]1cccc1.[Cl-].[Cl-].[Hf+4].c1ccc2[cH-]ccc2c1. The number of benzene rings is 1. The summed E-state index contributed by atoms with van der Waals surface area (Å²) < 4.78 is 0.